The zero-order valence-electron chi connectivity index (χ0n) is 14.2. The first-order chi connectivity index (χ1) is 12.7. The lowest BCUT2D eigenvalue weighted by Gasteiger charge is -2.43. The van der Waals surface area contributed by atoms with Crippen LogP contribution >= 0.6 is 23.2 Å². The van der Waals surface area contributed by atoms with Crippen LogP contribution in [0, 0.1) is 5.92 Å². The highest BCUT2D eigenvalue weighted by Crippen LogP contribution is 2.37. The molecule has 4 nitrogen and oxygen atoms in total. The Hall–Kier alpha value is -1.75. The number of rotatable bonds is 5. The molecule has 2 heterocycles. The summed E-state index contributed by atoms with van der Waals surface area (Å²) in [4.78, 5) is 13.1. The van der Waals surface area contributed by atoms with Gasteiger partial charge in [0.25, 0.3) is 0 Å². The van der Waals surface area contributed by atoms with Crippen molar-refractivity contribution in [2.75, 3.05) is 19.7 Å². The van der Waals surface area contributed by atoms with Crippen LogP contribution in [0.4, 0.5) is 0 Å². The molecule has 2 aromatic carbocycles. The summed E-state index contributed by atoms with van der Waals surface area (Å²) in [6, 6.07) is 11.7. The number of benzene rings is 2. The number of fused-ring (bicyclic) bond motifs is 1. The molecular formula is C20H19Cl2NO3. The summed E-state index contributed by atoms with van der Waals surface area (Å²) in [5, 5.41) is 1.18. The third-order valence-corrected chi connectivity index (χ3v) is 5.72. The molecule has 0 radical (unpaired) electrons. The lowest BCUT2D eigenvalue weighted by molar-refractivity contribution is -0.117. The van der Waals surface area contributed by atoms with Gasteiger partial charge in [-0.25, -0.2) is 0 Å². The maximum absolute atomic E-state index is 10.8. The Labute approximate surface area is 162 Å². The highest BCUT2D eigenvalue weighted by Gasteiger charge is 2.35. The minimum atomic E-state index is 0.173. The summed E-state index contributed by atoms with van der Waals surface area (Å²) in [7, 11) is 0. The van der Waals surface area contributed by atoms with Gasteiger partial charge in [0.2, 0.25) is 0 Å². The molecule has 0 aliphatic carbocycles. The van der Waals surface area contributed by atoms with Gasteiger partial charge in [0.1, 0.15) is 19.5 Å². The van der Waals surface area contributed by atoms with Gasteiger partial charge in [-0.05, 0) is 30.2 Å². The second kappa shape index (κ2) is 7.47. The van der Waals surface area contributed by atoms with Crippen molar-refractivity contribution in [2.45, 2.75) is 19.1 Å². The van der Waals surface area contributed by atoms with Gasteiger partial charge >= 0.3 is 0 Å². The second-order valence-corrected chi connectivity index (χ2v) is 7.57. The molecule has 1 fully saturated rings. The van der Waals surface area contributed by atoms with Crippen LogP contribution in [0.15, 0.2) is 36.4 Å². The fourth-order valence-corrected chi connectivity index (χ4v) is 3.99. The standard InChI is InChI=1S/C20H19Cl2NO3/c21-17-4-2-5-18(22)16(17)12-25-19-6-1-3-14-7-15(11-26-20(14)19)23-8-13(9-23)10-24/h1-6,10,13,15H,7-9,11-12H2. The third kappa shape index (κ3) is 3.41. The number of likely N-dealkylation sites (tertiary alicyclic amines) is 1. The van der Waals surface area contributed by atoms with Crippen LogP contribution in [0.5, 0.6) is 11.5 Å². The Morgan fingerprint density at radius 2 is 1.88 bits per heavy atom. The Morgan fingerprint density at radius 3 is 2.62 bits per heavy atom. The molecule has 2 aliphatic rings. The number of para-hydroxylation sites is 1. The molecule has 0 bridgehead atoms. The van der Waals surface area contributed by atoms with Gasteiger partial charge in [-0.2, -0.15) is 0 Å². The van der Waals surface area contributed by atoms with E-state index in [9.17, 15) is 4.79 Å². The zero-order chi connectivity index (χ0) is 18.1. The van der Waals surface area contributed by atoms with Crippen LogP contribution in [0.25, 0.3) is 0 Å². The fourth-order valence-electron chi connectivity index (χ4n) is 3.48. The van der Waals surface area contributed by atoms with Gasteiger partial charge in [-0.1, -0.05) is 41.4 Å². The van der Waals surface area contributed by atoms with E-state index in [1.54, 1.807) is 12.1 Å². The number of carbonyl (C=O) groups is 1. The highest BCUT2D eigenvalue weighted by molar-refractivity contribution is 6.35. The van der Waals surface area contributed by atoms with Crippen molar-refractivity contribution in [1.82, 2.24) is 4.90 Å². The van der Waals surface area contributed by atoms with Crippen molar-refractivity contribution in [2.24, 2.45) is 5.92 Å². The van der Waals surface area contributed by atoms with Crippen molar-refractivity contribution < 1.29 is 14.3 Å². The van der Waals surface area contributed by atoms with Crippen molar-refractivity contribution in [3.8, 4) is 11.5 Å². The molecule has 1 saturated heterocycles. The molecule has 4 rings (SSSR count). The molecule has 2 aliphatic heterocycles. The van der Waals surface area contributed by atoms with Gasteiger partial charge in [0.05, 0.1) is 0 Å². The summed E-state index contributed by atoms with van der Waals surface area (Å²) >= 11 is 12.4. The molecule has 0 aromatic heterocycles. The van der Waals surface area contributed by atoms with E-state index in [2.05, 4.69) is 11.0 Å². The van der Waals surface area contributed by atoms with Crippen LogP contribution < -0.4 is 9.47 Å². The summed E-state index contributed by atoms with van der Waals surface area (Å²) in [5.41, 5.74) is 1.89. The number of halogens is 2. The summed E-state index contributed by atoms with van der Waals surface area (Å²) in [6.07, 6.45) is 1.94. The molecule has 1 unspecified atom stereocenters. The Morgan fingerprint density at radius 1 is 1.15 bits per heavy atom. The molecule has 6 heteroatoms. The number of hydrogen-bond acceptors (Lipinski definition) is 4. The average Bonchev–Trinajstić information content (AvgIpc) is 2.60. The predicted molar refractivity (Wildman–Crippen MR) is 101 cm³/mol. The Bertz CT molecular complexity index is 800. The topological polar surface area (TPSA) is 38.8 Å². The van der Waals surface area contributed by atoms with Crippen LogP contribution in [0.3, 0.4) is 0 Å². The number of nitrogens with zero attached hydrogens (tertiary/aromatic N) is 1. The van der Waals surface area contributed by atoms with Gasteiger partial charge in [0, 0.05) is 40.7 Å². The summed E-state index contributed by atoms with van der Waals surface area (Å²) < 4.78 is 12.0. The number of ether oxygens (including phenoxy) is 2. The molecule has 0 spiro atoms. The van der Waals surface area contributed by atoms with Crippen LogP contribution in [0.1, 0.15) is 11.1 Å². The van der Waals surface area contributed by atoms with E-state index in [1.807, 2.05) is 18.2 Å². The minimum absolute atomic E-state index is 0.173. The summed E-state index contributed by atoms with van der Waals surface area (Å²) in [6.45, 7) is 2.54. The van der Waals surface area contributed by atoms with E-state index in [0.29, 0.717) is 28.4 Å². The van der Waals surface area contributed by atoms with Gasteiger partial charge in [-0.15, -0.1) is 0 Å². The molecule has 0 amide bonds. The lowest BCUT2D eigenvalue weighted by atomic mass is 9.94. The molecule has 136 valence electrons. The first kappa shape index (κ1) is 17.7. The van der Waals surface area contributed by atoms with Crippen molar-refractivity contribution in [1.29, 1.82) is 0 Å². The van der Waals surface area contributed by atoms with E-state index < -0.39 is 0 Å². The van der Waals surface area contributed by atoms with Crippen LogP contribution in [0.2, 0.25) is 10.0 Å². The monoisotopic (exact) mass is 391 g/mol. The lowest BCUT2D eigenvalue weighted by Crippen LogP contribution is -2.56. The van der Waals surface area contributed by atoms with E-state index in [1.165, 1.54) is 0 Å². The first-order valence-corrected chi connectivity index (χ1v) is 9.41. The van der Waals surface area contributed by atoms with Gasteiger partial charge < -0.3 is 14.3 Å². The van der Waals surface area contributed by atoms with Gasteiger partial charge in [-0.3, -0.25) is 4.90 Å². The minimum Gasteiger partial charge on any atom is -0.488 e. The zero-order valence-corrected chi connectivity index (χ0v) is 15.7. The smallest absolute Gasteiger partial charge is 0.164 e. The summed E-state index contributed by atoms with van der Waals surface area (Å²) in [5.74, 6) is 1.66. The average molecular weight is 392 g/mol. The van der Waals surface area contributed by atoms with Crippen LogP contribution in [-0.2, 0) is 17.8 Å². The highest BCUT2D eigenvalue weighted by atomic mass is 35.5. The normalized spacial score (nSPS) is 20.0. The van der Waals surface area contributed by atoms with E-state index >= 15 is 0 Å². The number of aldehydes is 1. The molecule has 1 atom stereocenters. The van der Waals surface area contributed by atoms with Crippen LogP contribution in [-0.4, -0.2) is 36.9 Å². The molecular weight excluding hydrogens is 373 g/mol. The van der Waals surface area contributed by atoms with E-state index in [0.717, 1.165) is 42.7 Å². The van der Waals surface area contributed by atoms with Crippen molar-refractivity contribution >= 4 is 29.5 Å². The third-order valence-electron chi connectivity index (χ3n) is 5.02. The Balaban J connectivity index is 1.46. The van der Waals surface area contributed by atoms with Crippen molar-refractivity contribution in [3.63, 3.8) is 0 Å². The van der Waals surface area contributed by atoms with Gasteiger partial charge in [0.15, 0.2) is 11.5 Å². The maximum atomic E-state index is 10.8. The van der Waals surface area contributed by atoms with E-state index in [-0.39, 0.29) is 12.5 Å². The molecule has 0 N–H and O–H groups in total. The van der Waals surface area contributed by atoms with Crippen molar-refractivity contribution in [3.05, 3.63) is 57.6 Å². The SMILES string of the molecule is O=CC1CN(C2COc3c(cccc3OCc3c(Cl)cccc3Cl)C2)C1. The van der Waals surface area contributed by atoms with E-state index in [4.69, 9.17) is 32.7 Å². The molecule has 2 aromatic rings. The largest absolute Gasteiger partial charge is 0.488 e. The maximum Gasteiger partial charge on any atom is 0.164 e. The Kier molecular flexibility index (Phi) is 5.07. The quantitative estimate of drug-likeness (QED) is 0.721. The molecule has 0 saturated carbocycles. The molecule has 26 heavy (non-hydrogen) atoms. The second-order valence-electron chi connectivity index (χ2n) is 6.75. The fraction of sp³-hybridized carbons (Fsp3) is 0.350. The number of carbonyl (C=O) groups excluding carboxylic acids is 1. The predicted octanol–water partition coefficient (Wildman–Crippen LogP) is 4.01. The number of hydrogen-bond donors (Lipinski definition) is 0. The first-order valence-electron chi connectivity index (χ1n) is 8.65.